The molecule has 1 aromatic heterocycles. The van der Waals surface area contributed by atoms with Crippen LogP contribution in [0.25, 0.3) is 0 Å². The first kappa shape index (κ1) is 16.0. The summed E-state index contributed by atoms with van der Waals surface area (Å²) in [6.07, 6.45) is 4.24. The lowest BCUT2D eigenvalue weighted by Gasteiger charge is -2.22. The van der Waals surface area contributed by atoms with Crippen molar-refractivity contribution in [3.05, 3.63) is 20.8 Å². The fourth-order valence-corrected chi connectivity index (χ4v) is 5.43. The molecule has 1 amide bonds. The maximum Gasteiger partial charge on any atom is 0.241 e. The molecule has 0 aliphatic heterocycles. The summed E-state index contributed by atoms with van der Waals surface area (Å²) in [5, 5.41) is -0.414. The number of carbonyl (C=O) groups excluding carboxylic acids is 1. The number of rotatable bonds is 4. The van der Waals surface area contributed by atoms with E-state index in [0.29, 0.717) is 12.8 Å². The molecule has 1 aliphatic rings. The zero-order chi connectivity index (χ0) is 14.8. The standard InChI is InChI=1S/C13H18BrNO3S2/c1-9(11-7-8-12(14)19-11)13(16)15-20(17,18)10-5-3-2-4-6-10/h7-10H,2-6H2,1H3,(H,15,16). The molecule has 1 unspecified atom stereocenters. The van der Waals surface area contributed by atoms with Gasteiger partial charge in [-0.2, -0.15) is 0 Å². The molecular weight excluding hydrogens is 362 g/mol. The van der Waals surface area contributed by atoms with Crippen molar-refractivity contribution < 1.29 is 13.2 Å². The van der Waals surface area contributed by atoms with E-state index < -0.39 is 27.1 Å². The van der Waals surface area contributed by atoms with Gasteiger partial charge >= 0.3 is 0 Å². The summed E-state index contributed by atoms with van der Waals surface area (Å²) in [5.41, 5.74) is 0. The van der Waals surface area contributed by atoms with Crippen molar-refractivity contribution in [1.29, 1.82) is 0 Å². The highest BCUT2D eigenvalue weighted by Gasteiger charge is 2.30. The number of nitrogens with one attached hydrogen (secondary N) is 1. The van der Waals surface area contributed by atoms with Crippen LogP contribution in [0.15, 0.2) is 15.9 Å². The van der Waals surface area contributed by atoms with Crippen molar-refractivity contribution in [1.82, 2.24) is 4.72 Å². The topological polar surface area (TPSA) is 63.2 Å². The smallest absolute Gasteiger partial charge is 0.241 e. The van der Waals surface area contributed by atoms with Crippen LogP contribution in [0.2, 0.25) is 0 Å². The van der Waals surface area contributed by atoms with Gasteiger partial charge in [-0.3, -0.25) is 9.52 Å². The second-order valence-corrected chi connectivity index (χ2v) is 9.59. The van der Waals surface area contributed by atoms with Crippen LogP contribution in [0.4, 0.5) is 0 Å². The molecule has 20 heavy (non-hydrogen) atoms. The van der Waals surface area contributed by atoms with E-state index in [4.69, 9.17) is 0 Å². The largest absolute Gasteiger partial charge is 0.273 e. The van der Waals surface area contributed by atoms with E-state index in [2.05, 4.69) is 20.7 Å². The molecule has 112 valence electrons. The molecule has 0 spiro atoms. The Kier molecular flexibility index (Phi) is 5.25. The fourth-order valence-electron chi connectivity index (χ4n) is 2.38. The van der Waals surface area contributed by atoms with Gasteiger partial charge in [-0.25, -0.2) is 8.42 Å². The monoisotopic (exact) mass is 379 g/mol. The molecule has 1 heterocycles. The van der Waals surface area contributed by atoms with Gasteiger partial charge in [0.1, 0.15) is 0 Å². The Balaban J connectivity index is 2.03. The van der Waals surface area contributed by atoms with Crippen LogP contribution in [0.5, 0.6) is 0 Å². The summed E-state index contributed by atoms with van der Waals surface area (Å²) in [7, 11) is -3.54. The van der Waals surface area contributed by atoms with Crippen LogP contribution < -0.4 is 4.72 Å². The third-order valence-electron chi connectivity index (χ3n) is 3.65. The maximum absolute atomic E-state index is 12.2. The Morgan fingerprint density at radius 3 is 2.55 bits per heavy atom. The third-order valence-corrected chi connectivity index (χ3v) is 7.29. The maximum atomic E-state index is 12.2. The second kappa shape index (κ2) is 6.58. The van der Waals surface area contributed by atoms with E-state index in [1.54, 1.807) is 6.92 Å². The van der Waals surface area contributed by atoms with Crippen LogP contribution in [0, 0.1) is 0 Å². The number of halogens is 1. The highest BCUT2D eigenvalue weighted by Crippen LogP contribution is 2.29. The quantitative estimate of drug-likeness (QED) is 0.871. The van der Waals surface area contributed by atoms with E-state index in [0.717, 1.165) is 27.9 Å². The van der Waals surface area contributed by atoms with E-state index >= 15 is 0 Å². The number of thiophene rings is 1. The molecule has 1 aromatic rings. The molecule has 0 aromatic carbocycles. The minimum Gasteiger partial charge on any atom is -0.273 e. The first-order chi connectivity index (χ1) is 9.40. The SMILES string of the molecule is CC(C(=O)NS(=O)(=O)C1CCCCC1)c1ccc(Br)s1. The van der Waals surface area contributed by atoms with Gasteiger partial charge in [-0.1, -0.05) is 19.3 Å². The summed E-state index contributed by atoms with van der Waals surface area (Å²) in [6.45, 7) is 1.73. The molecule has 1 atom stereocenters. The molecule has 7 heteroatoms. The zero-order valence-corrected chi connectivity index (χ0v) is 14.5. The second-order valence-electron chi connectivity index (χ2n) is 5.13. The highest BCUT2D eigenvalue weighted by molar-refractivity contribution is 9.11. The summed E-state index contributed by atoms with van der Waals surface area (Å²) >= 11 is 4.79. The van der Waals surface area contributed by atoms with Crippen LogP contribution in [0.1, 0.15) is 49.8 Å². The predicted octanol–water partition coefficient (Wildman–Crippen LogP) is 3.39. The molecule has 1 fully saturated rings. The average molecular weight is 380 g/mol. The first-order valence-electron chi connectivity index (χ1n) is 6.71. The van der Waals surface area contributed by atoms with Gasteiger partial charge in [0.25, 0.3) is 0 Å². The van der Waals surface area contributed by atoms with Gasteiger partial charge in [0, 0.05) is 4.88 Å². The molecule has 0 radical (unpaired) electrons. The highest BCUT2D eigenvalue weighted by atomic mass is 79.9. The van der Waals surface area contributed by atoms with Crippen molar-refractivity contribution in [2.75, 3.05) is 0 Å². The van der Waals surface area contributed by atoms with Crippen LogP contribution >= 0.6 is 27.3 Å². The van der Waals surface area contributed by atoms with Gasteiger partial charge in [0.15, 0.2) is 0 Å². The van der Waals surface area contributed by atoms with Crippen molar-refractivity contribution in [2.24, 2.45) is 0 Å². The minimum absolute atomic E-state index is 0.414. The number of carbonyl (C=O) groups is 1. The zero-order valence-electron chi connectivity index (χ0n) is 11.3. The van der Waals surface area contributed by atoms with Crippen molar-refractivity contribution >= 4 is 43.2 Å². The lowest BCUT2D eigenvalue weighted by atomic mass is 10.0. The number of hydrogen-bond acceptors (Lipinski definition) is 4. The Hall–Kier alpha value is -0.400. The summed E-state index contributed by atoms with van der Waals surface area (Å²) < 4.78 is 27.6. The summed E-state index contributed by atoms with van der Waals surface area (Å²) in [4.78, 5) is 13.0. The Morgan fingerprint density at radius 1 is 1.35 bits per heavy atom. The average Bonchev–Trinajstić information content (AvgIpc) is 2.85. The molecule has 0 bridgehead atoms. The number of sulfonamides is 1. The van der Waals surface area contributed by atoms with Crippen LogP contribution in [-0.4, -0.2) is 19.6 Å². The van der Waals surface area contributed by atoms with Gasteiger partial charge in [-0.05, 0) is 47.8 Å². The Bertz CT molecular complexity index is 576. The van der Waals surface area contributed by atoms with Gasteiger partial charge in [0.2, 0.25) is 15.9 Å². The van der Waals surface area contributed by atoms with Crippen molar-refractivity contribution in [2.45, 2.75) is 50.2 Å². The van der Waals surface area contributed by atoms with E-state index in [9.17, 15) is 13.2 Å². The lowest BCUT2D eigenvalue weighted by molar-refractivity contribution is -0.120. The Morgan fingerprint density at radius 2 is 2.00 bits per heavy atom. The third kappa shape index (κ3) is 3.83. The number of hydrogen-bond donors (Lipinski definition) is 1. The van der Waals surface area contributed by atoms with Gasteiger partial charge < -0.3 is 0 Å². The van der Waals surface area contributed by atoms with E-state index in [-0.39, 0.29) is 0 Å². The Labute approximate surface area is 132 Å². The molecule has 1 saturated carbocycles. The lowest BCUT2D eigenvalue weighted by Crippen LogP contribution is -2.40. The molecule has 0 saturated heterocycles. The fraction of sp³-hybridized carbons (Fsp3) is 0.615. The van der Waals surface area contributed by atoms with E-state index in [1.165, 1.54) is 11.3 Å². The van der Waals surface area contributed by atoms with E-state index in [1.807, 2.05) is 12.1 Å². The molecule has 4 nitrogen and oxygen atoms in total. The van der Waals surface area contributed by atoms with Gasteiger partial charge in [-0.15, -0.1) is 11.3 Å². The van der Waals surface area contributed by atoms with Crippen molar-refractivity contribution in [3.8, 4) is 0 Å². The van der Waals surface area contributed by atoms with Crippen molar-refractivity contribution in [3.63, 3.8) is 0 Å². The number of amides is 1. The molecule has 1 aliphatic carbocycles. The predicted molar refractivity (Wildman–Crippen MR) is 84.4 cm³/mol. The first-order valence-corrected chi connectivity index (χ1v) is 9.86. The molecule has 1 N–H and O–H groups in total. The van der Waals surface area contributed by atoms with Gasteiger partial charge in [0.05, 0.1) is 15.0 Å². The molecule has 2 rings (SSSR count). The van der Waals surface area contributed by atoms with Crippen LogP contribution in [-0.2, 0) is 14.8 Å². The summed E-state index contributed by atoms with van der Waals surface area (Å²) in [5.74, 6) is -0.894. The molecular formula is C13H18BrNO3S2. The summed E-state index contributed by atoms with van der Waals surface area (Å²) in [6, 6.07) is 3.70. The minimum atomic E-state index is -3.54. The normalized spacial score (nSPS) is 18.7. The van der Waals surface area contributed by atoms with Crippen LogP contribution in [0.3, 0.4) is 0 Å².